The molecule has 0 unspecified atom stereocenters. The van der Waals surface area contributed by atoms with Crippen molar-refractivity contribution in [2.24, 2.45) is 0 Å². The summed E-state index contributed by atoms with van der Waals surface area (Å²) in [6, 6.07) is 12.1. The number of benzene rings is 2. The molecule has 1 heterocycles. The molecule has 0 bridgehead atoms. The Kier molecular flexibility index (Phi) is 4.94. The van der Waals surface area contributed by atoms with Crippen molar-refractivity contribution in [3.63, 3.8) is 0 Å². The Morgan fingerprint density at radius 3 is 2.42 bits per heavy atom. The van der Waals surface area contributed by atoms with Crippen LogP contribution in [0.2, 0.25) is 0 Å². The minimum atomic E-state index is -3.66. The number of ether oxygens (including phenoxy) is 2. The molecule has 0 spiro atoms. The van der Waals surface area contributed by atoms with Crippen LogP contribution in [0, 0.1) is 0 Å². The molecule has 128 valence electrons. The van der Waals surface area contributed by atoms with Crippen molar-refractivity contribution in [3.8, 4) is 11.5 Å². The average molecular weight is 347 g/mol. The highest BCUT2D eigenvalue weighted by atomic mass is 32.2. The molecule has 1 aliphatic heterocycles. The van der Waals surface area contributed by atoms with Crippen LogP contribution < -0.4 is 14.2 Å². The zero-order valence-corrected chi connectivity index (χ0v) is 14.4. The second-order valence-corrected chi connectivity index (χ2v) is 7.39. The molecule has 0 atom stereocenters. The molecular formula is C18H21NO4S. The number of sulfonamides is 1. The Labute approximate surface area is 142 Å². The molecule has 0 aromatic heterocycles. The lowest BCUT2D eigenvalue weighted by atomic mass is 10.1. The highest BCUT2D eigenvalue weighted by Crippen LogP contribution is 2.32. The van der Waals surface area contributed by atoms with Crippen molar-refractivity contribution in [2.45, 2.75) is 31.1 Å². The van der Waals surface area contributed by atoms with Gasteiger partial charge in [0, 0.05) is 11.8 Å². The molecule has 0 amide bonds. The predicted octanol–water partition coefficient (Wildman–Crippen LogP) is 3.60. The highest BCUT2D eigenvalue weighted by Gasteiger charge is 2.19. The fraction of sp³-hybridized carbons (Fsp3) is 0.333. The predicted molar refractivity (Wildman–Crippen MR) is 93.3 cm³/mol. The maximum Gasteiger partial charge on any atom is 0.262 e. The summed E-state index contributed by atoms with van der Waals surface area (Å²) in [6.45, 7) is 3.04. The lowest BCUT2D eigenvalue weighted by Crippen LogP contribution is -2.17. The number of unbranched alkanes of at least 4 members (excludes halogenated alkanes) is 1. The first-order chi connectivity index (χ1) is 11.6. The fourth-order valence-corrected chi connectivity index (χ4v) is 3.60. The lowest BCUT2D eigenvalue weighted by molar-refractivity contribution is 0.171. The molecule has 3 rings (SSSR count). The normalized spacial score (nSPS) is 13.5. The van der Waals surface area contributed by atoms with Gasteiger partial charge >= 0.3 is 0 Å². The molecule has 0 aliphatic carbocycles. The first-order valence-corrected chi connectivity index (χ1v) is 9.58. The topological polar surface area (TPSA) is 64.6 Å². The SMILES string of the molecule is CCCCc1ccc(NS(=O)(=O)c2ccc3c(c2)OCCO3)cc1. The Balaban J connectivity index is 1.76. The van der Waals surface area contributed by atoms with Gasteiger partial charge in [-0.3, -0.25) is 4.72 Å². The number of anilines is 1. The zero-order valence-electron chi connectivity index (χ0n) is 13.6. The summed E-state index contributed by atoms with van der Waals surface area (Å²) in [7, 11) is -3.66. The Morgan fingerprint density at radius 1 is 1.00 bits per heavy atom. The van der Waals surface area contributed by atoms with E-state index in [0.29, 0.717) is 30.4 Å². The summed E-state index contributed by atoms with van der Waals surface area (Å²) >= 11 is 0. The second-order valence-electron chi connectivity index (χ2n) is 5.71. The van der Waals surface area contributed by atoms with Gasteiger partial charge in [0.2, 0.25) is 0 Å². The van der Waals surface area contributed by atoms with Crippen LogP contribution in [0.5, 0.6) is 11.5 Å². The van der Waals surface area contributed by atoms with E-state index < -0.39 is 10.0 Å². The zero-order chi connectivity index (χ0) is 17.0. The van der Waals surface area contributed by atoms with Crippen LogP contribution in [-0.4, -0.2) is 21.6 Å². The van der Waals surface area contributed by atoms with Gasteiger partial charge in [-0.1, -0.05) is 25.5 Å². The molecule has 6 heteroatoms. The third-order valence-corrected chi connectivity index (χ3v) is 5.23. The second kappa shape index (κ2) is 7.13. The third-order valence-electron chi connectivity index (χ3n) is 3.85. The molecule has 24 heavy (non-hydrogen) atoms. The van der Waals surface area contributed by atoms with Crippen molar-refractivity contribution in [1.29, 1.82) is 0 Å². The van der Waals surface area contributed by atoms with Gasteiger partial charge in [0.1, 0.15) is 13.2 Å². The Hall–Kier alpha value is -2.21. The first kappa shape index (κ1) is 16.6. The maximum atomic E-state index is 12.5. The van der Waals surface area contributed by atoms with Gasteiger partial charge in [-0.25, -0.2) is 8.42 Å². The van der Waals surface area contributed by atoms with E-state index >= 15 is 0 Å². The van der Waals surface area contributed by atoms with Crippen molar-refractivity contribution in [1.82, 2.24) is 0 Å². The smallest absolute Gasteiger partial charge is 0.262 e. The van der Waals surface area contributed by atoms with E-state index in [0.717, 1.165) is 19.3 Å². The van der Waals surface area contributed by atoms with Crippen LogP contribution in [0.3, 0.4) is 0 Å². The number of aryl methyl sites for hydroxylation is 1. The van der Waals surface area contributed by atoms with Gasteiger partial charge in [-0.15, -0.1) is 0 Å². The van der Waals surface area contributed by atoms with Crippen LogP contribution in [-0.2, 0) is 16.4 Å². The molecule has 5 nitrogen and oxygen atoms in total. The monoisotopic (exact) mass is 347 g/mol. The van der Waals surface area contributed by atoms with Crippen LogP contribution in [0.1, 0.15) is 25.3 Å². The number of hydrogen-bond donors (Lipinski definition) is 1. The van der Waals surface area contributed by atoms with Gasteiger partial charge in [0.15, 0.2) is 11.5 Å². The molecule has 0 fully saturated rings. The first-order valence-electron chi connectivity index (χ1n) is 8.10. The number of fused-ring (bicyclic) bond motifs is 1. The quantitative estimate of drug-likeness (QED) is 0.867. The molecule has 2 aromatic carbocycles. The lowest BCUT2D eigenvalue weighted by Gasteiger charge is -2.19. The molecule has 1 aliphatic rings. The standard InChI is InChI=1S/C18H21NO4S/c1-2-3-4-14-5-7-15(8-6-14)19-24(20,21)16-9-10-17-18(13-16)23-12-11-22-17/h5-10,13,19H,2-4,11-12H2,1H3. The van der Waals surface area contributed by atoms with E-state index in [-0.39, 0.29) is 4.90 Å². The van der Waals surface area contributed by atoms with Gasteiger partial charge in [0.05, 0.1) is 4.90 Å². The van der Waals surface area contributed by atoms with E-state index in [9.17, 15) is 8.42 Å². The van der Waals surface area contributed by atoms with Crippen LogP contribution in [0.15, 0.2) is 47.4 Å². The molecular weight excluding hydrogens is 326 g/mol. The van der Waals surface area contributed by atoms with Gasteiger partial charge in [0.25, 0.3) is 10.0 Å². The molecule has 0 saturated heterocycles. The van der Waals surface area contributed by atoms with Crippen LogP contribution in [0.25, 0.3) is 0 Å². The summed E-state index contributed by atoms with van der Waals surface area (Å²) in [4.78, 5) is 0.154. The van der Waals surface area contributed by atoms with E-state index in [2.05, 4.69) is 11.6 Å². The number of rotatable bonds is 6. The Bertz CT molecular complexity index is 800. The van der Waals surface area contributed by atoms with Crippen LogP contribution in [0.4, 0.5) is 5.69 Å². The van der Waals surface area contributed by atoms with E-state index in [1.807, 2.05) is 12.1 Å². The minimum Gasteiger partial charge on any atom is -0.486 e. The van der Waals surface area contributed by atoms with E-state index in [4.69, 9.17) is 9.47 Å². The molecule has 1 N–H and O–H groups in total. The third kappa shape index (κ3) is 3.82. The molecule has 0 saturated carbocycles. The average Bonchev–Trinajstić information content (AvgIpc) is 2.60. The Morgan fingerprint density at radius 2 is 1.71 bits per heavy atom. The molecule has 0 radical (unpaired) electrons. The fourth-order valence-electron chi connectivity index (χ4n) is 2.53. The van der Waals surface area contributed by atoms with E-state index in [1.165, 1.54) is 17.7 Å². The van der Waals surface area contributed by atoms with Crippen LogP contribution >= 0.6 is 0 Å². The number of hydrogen-bond acceptors (Lipinski definition) is 4. The van der Waals surface area contributed by atoms with Gasteiger partial charge < -0.3 is 9.47 Å². The number of nitrogens with one attached hydrogen (secondary N) is 1. The van der Waals surface area contributed by atoms with Crippen molar-refractivity contribution in [2.75, 3.05) is 17.9 Å². The summed E-state index contributed by atoms with van der Waals surface area (Å²) in [6.07, 6.45) is 3.27. The van der Waals surface area contributed by atoms with E-state index in [1.54, 1.807) is 18.2 Å². The largest absolute Gasteiger partial charge is 0.486 e. The van der Waals surface area contributed by atoms with Crippen molar-refractivity contribution in [3.05, 3.63) is 48.0 Å². The highest BCUT2D eigenvalue weighted by molar-refractivity contribution is 7.92. The maximum absolute atomic E-state index is 12.5. The van der Waals surface area contributed by atoms with Crippen molar-refractivity contribution >= 4 is 15.7 Å². The summed E-state index contributed by atoms with van der Waals surface area (Å²) in [5.74, 6) is 1.03. The summed E-state index contributed by atoms with van der Waals surface area (Å²) < 4.78 is 38.5. The minimum absolute atomic E-state index is 0.154. The summed E-state index contributed by atoms with van der Waals surface area (Å²) in [5, 5.41) is 0. The van der Waals surface area contributed by atoms with Gasteiger partial charge in [-0.05, 0) is 42.7 Å². The molecule has 2 aromatic rings. The summed E-state index contributed by atoms with van der Waals surface area (Å²) in [5.41, 5.74) is 1.75. The van der Waals surface area contributed by atoms with Crippen molar-refractivity contribution < 1.29 is 17.9 Å². The van der Waals surface area contributed by atoms with Gasteiger partial charge in [-0.2, -0.15) is 0 Å².